The van der Waals surface area contributed by atoms with Crippen LogP contribution in [-0.2, 0) is 16.8 Å². The van der Waals surface area contributed by atoms with Crippen molar-refractivity contribution in [2.45, 2.75) is 44.0 Å². The number of methoxy groups -OCH3 is 1. The van der Waals surface area contributed by atoms with E-state index in [-0.39, 0.29) is 41.0 Å². The van der Waals surface area contributed by atoms with Gasteiger partial charge >= 0.3 is 6.18 Å². The van der Waals surface area contributed by atoms with E-state index in [9.17, 15) is 27.9 Å². The van der Waals surface area contributed by atoms with E-state index >= 15 is 0 Å². The van der Waals surface area contributed by atoms with E-state index < -0.39 is 42.3 Å². The lowest BCUT2D eigenvalue weighted by Gasteiger charge is -2.31. The first kappa shape index (κ1) is 31.3. The first-order valence-corrected chi connectivity index (χ1v) is 14.0. The maximum Gasteiger partial charge on any atom is 0.424 e. The average Bonchev–Trinajstić information content (AvgIpc) is 3.77. The largest absolute Gasteiger partial charge is 0.494 e. The molecule has 0 unspecified atom stereocenters. The fourth-order valence-electron chi connectivity index (χ4n) is 4.92. The Hall–Kier alpha value is -5.09. The number of nitrogens with two attached hydrogens (primary N) is 1. The van der Waals surface area contributed by atoms with Crippen LogP contribution in [0.15, 0.2) is 48.7 Å². The van der Waals surface area contributed by atoms with Gasteiger partial charge in [0.05, 0.1) is 38.4 Å². The third-order valence-corrected chi connectivity index (χ3v) is 7.42. The van der Waals surface area contributed by atoms with Gasteiger partial charge in [0, 0.05) is 33.8 Å². The highest BCUT2D eigenvalue weighted by Crippen LogP contribution is 2.42. The van der Waals surface area contributed by atoms with E-state index in [2.05, 4.69) is 21.3 Å². The quantitative estimate of drug-likeness (QED) is 0.215. The fraction of sp³-hybridized carbons (Fsp3) is 0.312. The standard InChI is InChI=1S/C32H30F3N5O5/c1-4-18-6-8-19(9-7-18)28-29(45-5-2)20(15-26(36)41)14-25(38-28)31(43,32(33,34)35)17-37-30(42)21-12-22-16-40(23-10-11-23)39-27(22)24(13-21)44-3/h1,6-9,12-14,16,23,43H,5,10-11,15,17H2,2-3H3,(H2,36,41)(H,37,42)/t31-/m0/s1. The minimum absolute atomic E-state index is 0.00239. The van der Waals surface area contributed by atoms with Crippen molar-refractivity contribution in [2.24, 2.45) is 5.73 Å². The van der Waals surface area contributed by atoms with E-state index in [1.807, 2.05) is 0 Å². The molecule has 5 rings (SSSR count). The molecule has 2 aromatic carbocycles. The lowest BCUT2D eigenvalue weighted by atomic mass is 9.93. The van der Waals surface area contributed by atoms with Crippen LogP contribution in [0.25, 0.3) is 22.2 Å². The number of aliphatic hydroxyl groups is 1. The highest BCUT2D eigenvalue weighted by molar-refractivity contribution is 6.00. The number of hydrogen-bond acceptors (Lipinski definition) is 7. The van der Waals surface area contributed by atoms with Crippen LogP contribution in [0.1, 0.15) is 53.0 Å². The molecule has 10 nitrogen and oxygen atoms in total. The van der Waals surface area contributed by atoms with Gasteiger partial charge in [-0.2, -0.15) is 18.3 Å². The summed E-state index contributed by atoms with van der Waals surface area (Å²) >= 11 is 0. The van der Waals surface area contributed by atoms with Gasteiger partial charge in [-0.15, -0.1) is 6.42 Å². The number of nitrogens with zero attached hydrogens (tertiary/aromatic N) is 3. The first-order chi connectivity index (χ1) is 21.4. The molecular weight excluding hydrogens is 591 g/mol. The molecule has 0 bridgehead atoms. The molecule has 234 valence electrons. The Kier molecular flexibility index (Phi) is 8.44. The number of carbonyl (C=O) groups is 2. The molecule has 4 N–H and O–H groups in total. The number of pyridine rings is 1. The molecule has 2 heterocycles. The lowest BCUT2D eigenvalue weighted by molar-refractivity contribution is -0.265. The topological polar surface area (TPSA) is 142 Å². The van der Waals surface area contributed by atoms with Crippen LogP contribution in [0.4, 0.5) is 13.2 Å². The summed E-state index contributed by atoms with van der Waals surface area (Å²) in [6.07, 6.45) is 3.31. The molecule has 0 aliphatic heterocycles. The molecular formula is C32H30F3N5O5. The molecule has 1 fully saturated rings. The minimum atomic E-state index is -5.32. The fourth-order valence-corrected chi connectivity index (χ4v) is 4.92. The number of terminal acetylenes is 1. The molecule has 2 amide bonds. The van der Waals surface area contributed by atoms with E-state index in [1.165, 1.54) is 31.4 Å². The van der Waals surface area contributed by atoms with Gasteiger partial charge in [-0.1, -0.05) is 18.1 Å². The number of ether oxygens (including phenoxy) is 2. The Balaban J connectivity index is 1.55. The zero-order chi connectivity index (χ0) is 32.5. The highest BCUT2D eigenvalue weighted by atomic mass is 19.4. The molecule has 1 aliphatic rings. The third kappa shape index (κ3) is 6.28. The number of aromatic nitrogens is 3. The number of benzene rings is 2. The molecule has 1 atom stereocenters. The van der Waals surface area contributed by atoms with E-state index in [0.717, 1.165) is 18.9 Å². The summed E-state index contributed by atoms with van der Waals surface area (Å²) in [5.41, 5.74) is 2.09. The van der Waals surface area contributed by atoms with Crippen LogP contribution >= 0.6 is 0 Å². The third-order valence-electron chi connectivity index (χ3n) is 7.42. The Morgan fingerprint density at radius 2 is 1.91 bits per heavy atom. The number of primary amides is 1. The molecule has 0 saturated heterocycles. The second-order valence-electron chi connectivity index (χ2n) is 10.6. The average molecular weight is 622 g/mol. The smallest absolute Gasteiger partial charge is 0.424 e. The minimum Gasteiger partial charge on any atom is -0.494 e. The molecule has 13 heteroatoms. The van der Waals surface area contributed by atoms with Gasteiger partial charge < -0.3 is 25.6 Å². The van der Waals surface area contributed by atoms with Crippen LogP contribution in [0.5, 0.6) is 11.5 Å². The summed E-state index contributed by atoms with van der Waals surface area (Å²) in [5.74, 6) is 0.999. The second-order valence-corrected chi connectivity index (χ2v) is 10.6. The predicted octanol–water partition coefficient (Wildman–Crippen LogP) is 4.03. The molecule has 0 spiro atoms. The summed E-state index contributed by atoms with van der Waals surface area (Å²) in [6.45, 7) is 0.441. The number of hydrogen-bond donors (Lipinski definition) is 3. The van der Waals surface area contributed by atoms with Crippen molar-refractivity contribution in [3.05, 3.63) is 71.0 Å². The SMILES string of the molecule is C#Cc1ccc(-c2nc([C@@](O)(CNC(=O)c3cc(OC)c4nn(C5CC5)cc4c3)C(F)(F)F)cc(CC(N)=O)c2OCC)cc1. The number of nitrogens with one attached hydrogen (secondary N) is 1. The summed E-state index contributed by atoms with van der Waals surface area (Å²) in [4.78, 5) is 29.4. The summed E-state index contributed by atoms with van der Waals surface area (Å²) in [7, 11) is 1.40. The molecule has 0 radical (unpaired) electrons. The number of alkyl halides is 3. The van der Waals surface area contributed by atoms with Crippen molar-refractivity contribution in [1.29, 1.82) is 0 Å². The Bertz CT molecular complexity index is 1810. The summed E-state index contributed by atoms with van der Waals surface area (Å²) in [5, 5.41) is 18.5. The van der Waals surface area contributed by atoms with Crippen molar-refractivity contribution in [1.82, 2.24) is 20.1 Å². The highest BCUT2D eigenvalue weighted by Gasteiger charge is 2.56. The summed E-state index contributed by atoms with van der Waals surface area (Å²) < 4.78 is 57.0. The van der Waals surface area contributed by atoms with Gasteiger partial charge in [0.25, 0.3) is 5.91 Å². The maximum atomic E-state index is 14.7. The lowest BCUT2D eigenvalue weighted by Crippen LogP contribution is -2.51. The maximum absolute atomic E-state index is 14.7. The number of amides is 2. The van der Waals surface area contributed by atoms with Crippen LogP contribution in [0.2, 0.25) is 0 Å². The number of carbonyl (C=O) groups excluding carboxylic acids is 2. The zero-order valence-electron chi connectivity index (χ0n) is 24.4. The molecule has 2 aromatic heterocycles. The van der Waals surface area contributed by atoms with Gasteiger partial charge in [-0.25, -0.2) is 4.98 Å². The van der Waals surface area contributed by atoms with Gasteiger partial charge in [-0.3, -0.25) is 14.3 Å². The van der Waals surface area contributed by atoms with Gasteiger partial charge in [-0.05, 0) is 50.1 Å². The normalized spacial score (nSPS) is 14.4. The van der Waals surface area contributed by atoms with Crippen molar-refractivity contribution >= 4 is 22.7 Å². The van der Waals surface area contributed by atoms with Crippen LogP contribution in [-0.4, -0.2) is 58.1 Å². The van der Waals surface area contributed by atoms with Gasteiger partial charge in [0.15, 0.2) is 0 Å². The monoisotopic (exact) mass is 621 g/mol. The van der Waals surface area contributed by atoms with Crippen LogP contribution in [0.3, 0.4) is 0 Å². The number of halogens is 3. The molecule has 1 saturated carbocycles. The first-order valence-electron chi connectivity index (χ1n) is 14.0. The zero-order valence-corrected chi connectivity index (χ0v) is 24.4. The molecule has 1 aliphatic carbocycles. The van der Waals surface area contributed by atoms with Crippen LogP contribution in [0, 0.1) is 12.3 Å². The van der Waals surface area contributed by atoms with E-state index in [0.29, 0.717) is 22.0 Å². The van der Waals surface area contributed by atoms with Crippen molar-refractivity contribution < 1.29 is 37.3 Å². The Morgan fingerprint density at radius 1 is 1.20 bits per heavy atom. The van der Waals surface area contributed by atoms with Crippen LogP contribution < -0.4 is 20.5 Å². The molecule has 45 heavy (non-hydrogen) atoms. The van der Waals surface area contributed by atoms with Gasteiger partial charge in [0.1, 0.15) is 22.7 Å². The van der Waals surface area contributed by atoms with Gasteiger partial charge in [0.2, 0.25) is 11.5 Å². The van der Waals surface area contributed by atoms with E-state index in [4.69, 9.17) is 21.6 Å². The second kappa shape index (κ2) is 12.1. The molecule has 4 aromatic rings. The Labute approximate surface area is 256 Å². The van der Waals surface area contributed by atoms with E-state index in [1.54, 1.807) is 29.9 Å². The van der Waals surface area contributed by atoms with Crippen molar-refractivity contribution in [2.75, 3.05) is 20.3 Å². The number of rotatable bonds is 11. The van der Waals surface area contributed by atoms with Crippen molar-refractivity contribution in [3.8, 4) is 35.1 Å². The van der Waals surface area contributed by atoms with Crippen molar-refractivity contribution in [3.63, 3.8) is 0 Å². The Morgan fingerprint density at radius 3 is 2.49 bits per heavy atom. The predicted molar refractivity (Wildman–Crippen MR) is 159 cm³/mol. The summed E-state index contributed by atoms with van der Waals surface area (Å²) in [6, 6.07) is 10.2. The number of fused-ring (bicyclic) bond motifs is 1.